The average molecular weight is 472 g/mol. The van der Waals surface area contributed by atoms with Crippen molar-refractivity contribution < 1.29 is 9.90 Å². The van der Waals surface area contributed by atoms with Gasteiger partial charge in [0.15, 0.2) is 0 Å². The molecule has 172 valence electrons. The molecule has 0 saturated heterocycles. The van der Waals surface area contributed by atoms with E-state index in [2.05, 4.69) is 56.1 Å². The monoisotopic (exact) mass is 471 g/mol. The lowest BCUT2D eigenvalue weighted by atomic mass is 9.85. The van der Waals surface area contributed by atoms with Crippen molar-refractivity contribution in [1.82, 2.24) is 4.98 Å². The molecule has 0 aliphatic rings. The van der Waals surface area contributed by atoms with Crippen LogP contribution in [0.3, 0.4) is 0 Å². The number of benzene rings is 2. The Kier molecular flexibility index (Phi) is 8.00. The van der Waals surface area contributed by atoms with Gasteiger partial charge in [-0.2, -0.15) is 0 Å². The predicted molar refractivity (Wildman–Crippen MR) is 138 cm³/mol. The average Bonchev–Trinajstić information content (AvgIpc) is 3.08. The minimum Gasteiger partial charge on any atom is -0.481 e. The number of hydrogen-bond donors (Lipinski definition) is 2. The maximum absolute atomic E-state index is 11.9. The summed E-state index contributed by atoms with van der Waals surface area (Å²) >= 11 is 8.12. The SMILES string of the molecule is CCCCSC(c1ccc(Cl)cc1)c1c(CC(C)(C)C(=O)O)[nH]c2ccc(C(C)C)cc12. The first-order valence-electron chi connectivity index (χ1n) is 11.4. The molecule has 0 aliphatic heterocycles. The third-order valence-electron chi connectivity index (χ3n) is 6.03. The lowest BCUT2D eigenvalue weighted by Crippen LogP contribution is -2.27. The molecular formula is C27H34ClNO2S. The van der Waals surface area contributed by atoms with Crippen molar-refractivity contribution in [1.29, 1.82) is 0 Å². The molecule has 1 heterocycles. The zero-order valence-corrected chi connectivity index (χ0v) is 21.2. The van der Waals surface area contributed by atoms with Crippen LogP contribution in [-0.4, -0.2) is 21.8 Å². The molecule has 3 rings (SSSR count). The second-order valence-corrected chi connectivity index (χ2v) is 11.1. The van der Waals surface area contributed by atoms with Crippen LogP contribution in [0.25, 0.3) is 10.9 Å². The molecule has 3 aromatic rings. The zero-order chi connectivity index (χ0) is 23.5. The Bertz CT molecular complexity index is 1070. The molecule has 0 radical (unpaired) electrons. The highest BCUT2D eigenvalue weighted by Crippen LogP contribution is 2.44. The molecule has 0 aliphatic carbocycles. The maximum Gasteiger partial charge on any atom is 0.309 e. The highest BCUT2D eigenvalue weighted by atomic mass is 35.5. The van der Waals surface area contributed by atoms with E-state index in [1.54, 1.807) is 13.8 Å². The van der Waals surface area contributed by atoms with Crippen LogP contribution < -0.4 is 0 Å². The Morgan fingerprint density at radius 2 is 1.78 bits per heavy atom. The van der Waals surface area contributed by atoms with E-state index < -0.39 is 11.4 Å². The number of unbranched alkanes of at least 4 members (excludes halogenated alkanes) is 1. The van der Waals surface area contributed by atoms with Gasteiger partial charge in [-0.25, -0.2) is 0 Å². The molecule has 0 bridgehead atoms. The van der Waals surface area contributed by atoms with Crippen molar-refractivity contribution >= 4 is 40.2 Å². The second-order valence-electron chi connectivity index (χ2n) is 9.50. The Balaban J connectivity index is 2.22. The number of rotatable bonds is 10. The number of carboxylic acid groups (broad SMARTS) is 1. The molecule has 5 heteroatoms. The third kappa shape index (κ3) is 5.52. The number of H-pyrrole nitrogens is 1. The minimum atomic E-state index is -0.866. The number of aromatic nitrogens is 1. The van der Waals surface area contributed by atoms with Crippen molar-refractivity contribution in [3.63, 3.8) is 0 Å². The number of fused-ring (bicyclic) bond motifs is 1. The van der Waals surface area contributed by atoms with E-state index in [0.717, 1.165) is 34.8 Å². The molecule has 0 fully saturated rings. The first-order valence-corrected chi connectivity index (χ1v) is 12.8. The summed E-state index contributed by atoms with van der Waals surface area (Å²) in [4.78, 5) is 15.5. The van der Waals surface area contributed by atoms with Crippen molar-refractivity contribution in [2.75, 3.05) is 5.75 Å². The zero-order valence-electron chi connectivity index (χ0n) is 19.7. The Hall–Kier alpha value is -1.91. The van der Waals surface area contributed by atoms with Gasteiger partial charge in [-0.05, 0) is 72.9 Å². The van der Waals surface area contributed by atoms with Crippen LogP contribution >= 0.6 is 23.4 Å². The predicted octanol–water partition coefficient (Wildman–Crippen LogP) is 8.22. The van der Waals surface area contributed by atoms with Gasteiger partial charge in [-0.3, -0.25) is 4.79 Å². The number of nitrogens with one attached hydrogen (secondary N) is 1. The first-order chi connectivity index (χ1) is 15.1. The van der Waals surface area contributed by atoms with Gasteiger partial charge < -0.3 is 10.1 Å². The normalized spacial score (nSPS) is 13.1. The lowest BCUT2D eigenvalue weighted by molar-refractivity contribution is -0.146. The summed E-state index contributed by atoms with van der Waals surface area (Å²) in [5.74, 6) is 0.677. The van der Waals surface area contributed by atoms with E-state index in [1.807, 2.05) is 23.9 Å². The molecule has 32 heavy (non-hydrogen) atoms. The third-order valence-corrected chi connectivity index (χ3v) is 7.64. The van der Waals surface area contributed by atoms with E-state index in [1.165, 1.54) is 22.1 Å². The topological polar surface area (TPSA) is 53.1 Å². The maximum atomic E-state index is 11.9. The number of thioether (sulfide) groups is 1. The number of aromatic amines is 1. The van der Waals surface area contributed by atoms with Gasteiger partial charge in [-0.15, -0.1) is 11.8 Å². The van der Waals surface area contributed by atoms with Crippen molar-refractivity contribution in [3.05, 3.63) is 69.9 Å². The molecule has 1 aromatic heterocycles. The fourth-order valence-electron chi connectivity index (χ4n) is 3.93. The quantitative estimate of drug-likeness (QED) is 0.293. The summed E-state index contributed by atoms with van der Waals surface area (Å²) in [7, 11) is 0. The summed E-state index contributed by atoms with van der Waals surface area (Å²) < 4.78 is 0. The second kappa shape index (κ2) is 10.4. The van der Waals surface area contributed by atoms with E-state index in [-0.39, 0.29) is 5.25 Å². The molecule has 0 amide bonds. The minimum absolute atomic E-state index is 0.106. The van der Waals surface area contributed by atoms with E-state index in [0.29, 0.717) is 12.3 Å². The number of carboxylic acids is 1. The first kappa shape index (κ1) is 24.7. The molecule has 2 aromatic carbocycles. The van der Waals surface area contributed by atoms with Crippen LogP contribution in [-0.2, 0) is 11.2 Å². The van der Waals surface area contributed by atoms with E-state index in [4.69, 9.17) is 11.6 Å². The van der Waals surface area contributed by atoms with Crippen LogP contribution in [0.2, 0.25) is 5.02 Å². The lowest BCUT2D eigenvalue weighted by Gasteiger charge is -2.23. The summed E-state index contributed by atoms with van der Waals surface area (Å²) in [6.45, 7) is 10.2. The number of aliphatic carboxylic acids is 1. The van der Waals surface area contributed by atoms with Gasteiger partial charge in [0.1, 0.15) is 0 Å². The Morgan fingerprint density at radius 3 is 2.38 bits per heavy atom. The van der Waals surface area contributed by atoms with E-state index in [9.17, 15) is 9.90 Å². The molecule has 1 unspecified atom stereocenters. The fourth-order valence-corrected chi connectivity index (χ4v) is 5.53. The molecule has 3 nitrogen and oxygen atoms in total. The molecule has 2 N–H and O–H groups in total. The molecule has 0 spiro atoms. The van der Waals surface area contributed by atoms with Crippen LogP contribution in [0.5, 0.6) is 0 Å². The van der Waals surface area contributed by atoms with Crippen molar-refractivity contribution in [2.24, 2.45) is 5.41 Å². The summed E-state index contributed by atoms with van der Waals surface area (Å²) in [5.41, 5.74) is 4.90. The van der Waals surface area contributed by atoms with Crippen LogP contribution in [0.1, 0.15) is 81.0 Å². The summed E-state index contributed by atoms with van der Waals surface area (Å²) in [6, 6.07) is 14.7. The highest BCUT2D eigenvalue weighted by molar-refractivity contribution is 7.99. The summed E-state index contributed by atoms with van der Waals surface area (Å²) in [6.07, 6.45) is 2.73. The largest absolute Gasteiger partial charge is 0.481 e. The van der Waals surface area contributed by atoms with Gasteiger partial charge in [0.05, 0.1) is 10.7 Å². The van der Waals surface area contributed by atoms with Gasteiger partial charge >= 0.3 is 5.97 Å². The molecular weight excluding hydrogens is 438 g/mol. The smallest absolute Gasteiger partial charge is 0.309 e. The number of halogens is 1. The van der Waals surface area contributed by atoms with Gasteiger partial charge in [-0.1, -0.05) is 57.0 Å². The van der Waals surface area contributed by atoms with Crippen LogP contribution in [0.15, 0.2) is 42.5 Å². The van der Waals surface area contributed by atoms with Crippen molar-refractivity contribution in [2.45, 2.75) is 65.0 Å². The van der Waals surface area contributed by atoms with Gasteiger partial charge in [0, 0.05) is 28.0 Å². The van der Waals surface area contributed by atoms with Gasteiger partial charge in [0.2, 0.25) is 0 Å². The molecule has 0 saturated carbocycles. The Labute approximate surface area is 201 Å². The highest BCUT2D eigenvalue weighted by Gasteiger charge is 2.32. The summed E-state index contributed by atoms with van der Waals surface area (Å²) in [5, 5.41) is 11.8. The van der Waals surface area contributed by atoms with Gasteiger partial charge in [0.25, 0.3) is 0 Å². The van der Waals surface area contributed by atoms with Crippen LogP contribution in [0.4, 0.5) is 0 Å². The number of carbonyl (C=O) groups is 1. The fraction of sp³-hybridized carbons (Fsp3) is 0.444. The standard InChI is InChI=1S/C27H34ClNO2S/c1-6-7-14-32-25(18-8-11-20(28)12-9-18)24-21-15-19(17(2)3)10-13-22(21)29-23(24)16-27(4,5)26(30)31/h8-13,15,17,25,29H,6-7,14,16H2,1-5H3,(H,30,31). The number of hydrogen-bond acceptors (Lipinski definition) is 2. The Morgan fingerprint density at radius 1 is 1.12 bits per heavy atom. The van der Waals surface area contributed by atoms with Crippen molar-refractivity contribution in [3.8, 4) is 0 Å². The molecule has 1 atom stereocenters. The van der Waals surface area contributed by atoms with Crippen LogP contribution in [0, 0.1) is 5.41 Å². The van der Waals surface area contributed by atoms with E-state index >= 15 is 0 Å².